The molecule has 0 unspecified atom stereocenters. The van der Waals surface area contributed by atoms with E-state index in [1.807, 2.05) is 149 Å². The Morgan fingerprint density at radius 3 is 0.745 bits per heavy atom. The molecule has 0 bridgehead atoms. The van der Waals surface area contributed by atoms with E-state index in [4.69, 9.17) is 0 Å². The van der Waals surface area contributed by atoms with Crippen molar-refractivity contribution >= 4 is 87.2 Å². The molecule has 0 fully saturated rings. The highest BCUT2D eigenvalue weighted by Crippen LogP contribution is 2.50. The van der Waals surface area contributed by atoms with E-state index in [0.29, 0.717) is 44.6 Å². The third-order valence-corrected chi connectivity index (χ3v) is 19.0. The second-order valence-corrected chi connectivity index (χ2v) is 26.0. The maximum absolute atomic E-state index is 15.6. The van der Waals surface area contributed by atoms with Crippen LogP contribution in [-0.4, -0.2) is 18.3 Å². The molecular weight excluding hydrogens is 1250 g/mol. The van der Waals surface area contributed by atoms with Gasteiger partial charge in [-0.1, -0.05) is 133 Å². The van der Waals surface area contributed by atoms with Crippen molar-refractivity contribution in [3.63, 3.8) is 0 Å². The van der Waals surface area contributed by atoms with E-state index in [9.17, 15) is 31.6 Å². The van der Waals surface area contributed by atoms with Gasteiger partial charge in [-0.05, 0) is 196 Å². The molecule has 0 saturated carbocycles. The van der Waals surface area contributed by atoms with Crippen LogP contribution in [-0.2, 0) is 18.5 Å². The highest BCUT2D eigenvalue weighted by atomic mass is 19.4. The van der Waals surface area contributed by atoms with Crippen molar-refractivity contribution in [1.82, 2.24) is 18.3 Å². The largest absolute Gasteiger partial charge is 0.418 e. The summed E-state index contributed by atoms with van der Waals surface area (Å²) in [7, 11) is 0. The van der Waals surface area contributed by atoms with Crippen molar-refractivity contribution in [2.75, 3.05) is 0 Å². The van der Waals surface area contributed by atoms with E-state index in [-0.39, 0.29) is 28.1 Å². The predicted molar refractivity (Wildman–Crippen MR) is 379 cm³/mol. The van der Waals surface area contributed by atoms with Gasteiger partial charge in [0, 0.05) is 54.2 Å². The molecule has 14 heteroatoms. The van der Waals surface area contributed by atoms with Crippen LogP contribution in [0.4, 0.5) is 39.5 Å². The molecular formula is C84H60F9N5. The van der Waals surface area contributed by atoms with Gasteiger partial charge in [0.05, 0.1) is 89.1 Å². The van der Waals surface area contributed by atoms with E-state index in [2.05, 4.69) is 66.7 Å². The van der Waals surface area contributed by atoms with Crippen molar-refractivity contribution in [2.45, 2.75) is 73.9 Å². The van der Waals surface area contributed by atoms with Crippen molar-refractivity contribution < 1.29 is 39.5 Å². The zero-order chi connectivity index (χ0) is 68.8. The first-order valence-electron chi connectivity index (χ1n) is 32.0. The van der Waals surface area contributed by atoms with Crippen molar-refractivity contribution in [3.05, 3.63) is 285 Å². The first-order valence-corrected chi connectivity index (χ1v) is 32.0. The summed E-state index contributed by atoms with van der Waals surface area (Å²) in [6.45, 7) is 15.5. The summed E-state index contributed by atoms with van der Waals surface area (Å²) in [6, 6.07) is 66.4. The molecule has 4 aromatic heterocycles. The summed E-state index contributed by atoms with van der Waals surface area (Å²) in [4.78, 5) is 0. The Balaban J connectivity index is 0.000000160. The number of aryl methyl sites for hydroxylation is 8. The Hall–Kier alpha value is -11.3. The number of aromatic nitrogens is 4. The summed E-state index contributed by atoms with van der Waals surface area (Å²) in [5.41, 5.74) is 12.0. The van der Waals surface area contributed by atoms with Crippen molar-refractivity contribution in [3.8, 4) is 51.1 Å². The number of benzene rings is 12. The first-order chi connectivity index (χ1) is 46.7. The summed E-state index contributed by atoms with van der Waals surface area (Å²) in [6.07, 6.45) is -14.2. The van der Waals surface area contributed by atoms with E-state index in [1.165, 1.54) is 36.4 Å². The van der Waals surface area contributed by atoms with Crippen LogP contribution in [0.5, 0.6) is 0 Å². The normalized spacial score (nSPS) is 12.3. The lowest BCUT2D eigenvalue weighted by atomic mass is 9.94. The highest BCUT2D eigenvalue weighted by molar-refractivity contribution is 6.14. The summed E-state index contributed by atoms with van der Waals surface area (Å²) < 4.78 is 143. The van der Waals surface area contributed by atoms with E-state index < -0.39 is 35.2 Å². The lowest BCUT2D eigenvalue weighted by Gasteiger charge is -2.23. The molecule has 16 rings (SSSR count). The van der Waals surface area contributed by atoms with Crippen LogP contribution in [0.1, 0.15) is 66.8 Å². The van der Waals surface area contributed by atoms with Crippen LogP contribution in [0.15, 0.2) is 218 Å². The van der Waals surface area contributed by atoms with Crippen molar-refractivity contribution in [1.29, 1.82) is 5.26 Å². The molecule has 484 valence electrons. The van der Waals surface area contributed by atoms with Crippen LogP contribution in [0.3, 0.4) is 0 Å². The van der Waals surface area contributed by atoms with Crippen LogP contribution < -0.4 is 0 Å². The molecule has 0 N–H and O–H groups in total. The summed E-state index contributed by atoms with van der Waals surface area (Å²) in [5, 5.41) is 17.8. The fraction of sp³-hybridized carbons (Fsp3) is 0.131. The lowest BCUT2D eigenvalue weighted by molar-refractivity contribution is -0.138. The van der Waals surface area contributed by atoms with Gasteiger partial charge in [0.1, 0.15) is 6.07 Å². The average molecular weight is 1310 g/mol. The van der Waals surface area contributed by atoms with Gasteiger partial charge in [-0.15, -0.1) is 0 Å². The molecule has 16 aromatic rings. The van der Waals surface area contributed by atoms with Crippen molar-refractivity contribution in [2.24, 2.45) is 0 Å². The second kappa shape index (κ2) is 22.9. The van der Waals surface area contributed by atoms with Gasteiger partial charge in [-0.2, -0.15) is 44.8 Å². The summed E-state index contributed by atoms with van der Waals surface area (Å²) >= 11 is 0. The Labute approximate surface area is 557 Å². The van der Waals surface area contributed by atoms with Crippen LogP contribution in [0.2, 0.25) is 0 Å². The van der Waals surface area contributed by atoms with Gasteiger partial charge in [0.15, 0.2) is 0 Å². The minimum atomic E-state index is -4.87. The summed E-state index contributed by atoms with van der Waals surface area (Å²) in [5.74, 6) is 0. The van der Waals surface area contributed by atoms with E-state index in [1.54, 1.807) is 27.3 Å². The Morgan fingerprint density at radius 2 is 0.480 bits per heavy atom. The number of alkyl halides is 9. The third-order valence-electron chi connectivity index (χ3n) is 19.0. The molecule has 98 heavy (non-hydrogen) atoms. The van der Waals surface area contributed by atoms with Gasteiger partial charge < -0.3 is 18.3 Å². The van der Waals surface area contributed by atoms with Gasteiger partial charge in [-0.25, -0.2) is 0 Å². The number of nitriles is 1. The van der Waals surface area contributed by atoms with Gasteiger partial charge in [0.2, 0.25) is 0 Å². The molecule has 12 aromatic carbocycles. The number of halogens is 9. The zero-order valence-corrected chi connectivity index (χ0v) is 54.4. The molecule has 5 nitrogen and oxygen atoms in total. The highest BCUT2D eigenvalue weighted by Gasteiger charge is 2.40. The van der Waals surface area contributed by atoms with Crippen LogP contribution in [0, 0.1) is 66.7 Å². The Bertz CT molecular complexity index is 5840. The molecule has 0 saturated heterocycles. The Kier molecular flexibility index (Phi) is 14.7. The van der Waals surface area contributed by atoms with Crippen LogP contribution in [0.25, 0.3) is 132 Å². The quantitative estimate of drug-likeness (QED) is 0.153. The van der Waals surface area contributed by atoms with E-state index in [0.717, 1.165) is 128 Å². The maximum atomic E-state index is 15.6. The number of rotatable bonds is 6. The smallest absolute Gasteiger partial charge is 0.309 e. The SMILES string of the molecule is Cc1ccc2c3ccc(C)cc3n(-c3cc(-c4ccccc4C(F)(F)F)c(-n4c5cc(C)ccc5c5ccc(C)cc54)cc3C#N)c2c1.Cc1ccc2c3ccc(C)cc3n(-c3cc(C(F)(F)F)c(-n4c5cc(C)ccc5c5ccc(C)cc54)cc3-c3ccccc3C(F)(F)F)c2c1. The fourth-order valence-corrected chi connectivity index (χ4v) is 14.6. The number of nitrogens with zero attached hydrogens (tertiary/aromatic N) is 5. The molecule has 0 atom stereocenters. The zero-order valence-electron chi connectivity index (χ0n) is 54.4. The molecule has 0 spiro atoms. The average Bonchev–Trinajstić information content (AvgIpc) is 1.51. The third kappa shape index (κ3) is 10.4. The molecule has 4 heterocycles. The minimum absolute atomic E-state index is 0.00195. The molecule has 0 aliphatic carbocycles. The monoisotopic (exact) mass is 1310 g/mol. The molecule has 0 aliphatic heterocycles. The number of hydrogen-bond acceptors (Lipinski definition) is 1. The van der Waals surface area contributed by atoms with E-state index >= 15 is 13.2 Å². The minimum Gasteiger partial charge on any atom is -0.309 e. The number of hydrogen-bond donors (Lipinski definition) is 0. The first kappa shape index (κ1) is 62.8. The molecule has 0 radical (unpaired) electrons. The fourth-order valence-electron chi connectivity index (χ4n) is 14.6. The van der Waals surface area contributed by atoms with Gasteiger partial charge in [-0.3, -0.25) is 0 Å². The lowest BCUT2D eigenvalue weighted by Crippen LogP contribution is -2.14. The second-order valence-electron chi connectivity index (χ2n) is 26.0. The van der Waals surface area contributed by atoms with Gasteiger partial charge >= 0.3 is 18.5 Å². The molecule has 0 aliphatic rings. The predicted octanol–water partition coefficient (Wildman–Crippen LogP) is 24.5. The molecule has 0 amide bonds. The Morgan fingerprint density at radius 1 is 0.245 bits per heavy atom. The van der Waals surface area contributed by atoms with Gasteiger partial charge in [0.25, 0.3) is 0 Å². The number of fused-ring (bicyclic) bond motifs is 12. The maximum Gasteiger partial charge on any atom is 0.418 e. The standard InChI is InChI=1S/C42H30F6N2.C42H30F3N3/c1-23-9-13-28-29-14-10-24(2)18-36(29)49(35(28)17-23)39-22-34(42(46,47)48)40(21-32(39)27-7-5-6-8-33(27)41(43,44)45)50-37-19-25(3)11-15-30(37)31-16-12-26(4)20-38(31)50;1-24-9-13-30-31-14-10-25(2)18-38(31)47(37(30)17-24)36-22-34(29-7-5-6-8-35(29)42(43,44)45)41(21-28(36)23-46)48-39-19-26(3)11-15-32(39)33-16-12-27(4)20-40(33)48/h5-22H,1-4H3;5-22H,1-4H3. The topological polar surface area (TPSA) is 43.5 Å². The van der Waals surface area contributed by atoms with Crippen LogP contribution >= 0.6 is 0 Å².